The summed E-state index contributed by atoms with van der Waals surface area (Å²) in [6.07, 6.45) is 8.91. The zero-order valence-electron chi connectivity index (χ0n) is 69.5. The second kappa shape index (κ2) is 39.2. The van der Waals surface area contributed by atoms with Crippen LogP contribution in [0.5, 0.6) is 5.75 Å². The van der Waals surface area contributed by atoms with Crippen molar-refractivity contribution in [1.29, 1.82) is 0 Å². The van der Waals surface area contributed by atoms with Gasteiger partial charge in [0.15, 0.2) is 63.5 Å². The van der Waals surface area contributed by atoms with Crippen molar-refractivity contribution in [3.8, 4) is 96.6 Å². The number of halogens is 10. The fourth-order valence-electron chi connectivity index (χ4n) is 15.4. The van der Waals surface area contributed by atoms with Crippen molar-refractivity contribution in [2.45, 2.75) is 75.0 Å². The van der Waals surface area contributed by atoms with Crippen LogP contribution in [0.3, 0.4) is 0 Å². The SMILES string of the molecule is Cc1cc(NC(=O)c2ccc(-c3c(-c4ccc(F)cc4)ncn3C3COCC3F)o2)c(F)cn1.O=C(Nc1c(O)cncc1F)c1ccc(-c2c(-c3ccc(F)cc3)ncn2C2COCC2F)o1.O=C(Nc1cc[nH]c(=O)c1)c1ccc(-c2c(-c3ccc(F)cc3)ncn2C2CCC[C@H]2F)o1.O=C(Nc1ccccn1)c1ccc(-c2c(-c3ccc(F)cc3)ncn2C2COCC2F)o1. The number of nitrogens with one attached hydrogen (secondary N) is 5. The third-order valence-electron chi connectivity index (χ3n) is 22.0. The predicted molar refractivity (Wildman–Crippen MR) is 461 cm³/mol. The Kier molecular flexibility index (Phi) is 26.3. The number of aromatic hydroxyl groups is 1. The molecule has 1 aliphatic carbocycles. The Morgan fingerprint density at radius 1 is 0.406 bits per heavy atom. The normalized spacial score (nSPS) is 17.9. The molecule has 0 radical (unpaired) electrons. The molecule has 29 nitrogen and oxygen atoms in total. The van der Waals surface area contributed by atoms with Gasteiger partial charge in [-0.05, 0) is 196 Å². The Balaban J connectivity index is 0.000000124. The zero-order valence-corrected chi connectivity index (χ0v) is 69.5. The third-order valence-corrected chi connectivity index (χ3v) is 22.0. The molecule has 4 amide bonds. The minimum atomic E-state index is -1.29. The van der Waals surface area contributed by atoms with Crippen molar-refractivity contribution in [3.63, 3.8) is 0 Å². The monoisotopic (exact) mass is 1820 g/mol. The van der Waals surface area contributed by atoms with Crippen LogP contribution in [0.15, 0.2) is 261 Å². The van der Waals surface area contributed by atoms with E-state index in [0.29, 0.717) is 109 Å². The van der Waals surface area contributed by atoms with Crippen molar-refractivity contribution < 1.29 is 100 Å². The Morgan fingerprint density at radius 2 is 0.805 bits per heavy atom. The molecule has 7 unspecified atom stereocenters. The van der Waals surface area contributed by atoms with Crippen LogP contribution in [-0.4, -0.2) is 151 Å². The van der Waals surface area contributed by atoms with Crippen LogP contribution < -0.4 is 26.8 Å². The Labute approximate surface area is 746 Å². The lowest BCUT2D eigenvalue weighted by atomic mass is 10.1. The van der Waals surface area contributed by atoms with Crippen molar-refractivity contribution >= 4 is 46.5 Å². The molecule has 133 heavy (non-hydrogen) atoms. The highest BCUT2D eigenvalue weighted by Crippen LogP contribution is 2.45. The first kappa shape index (κ1) is 89.1. The fraction of sp³-hybridized carbons (Fsp3) is 0.191. The summed E-state index contributed by atoms with van der Waals surface area (Å²) in [6.45, 7) is 1.98. The number of ether oxygens (including phenoxy) is 3. The highest BCUT2D eigenvalue weighted by molar-refractivity contribution is 6.05. The lowest BCUT2D eigenvalue weighted by Crippen LogP contribution is -2.18. The van der Waals surface area contributed by atoms with E-state index in [1.54, 1.807) is 117 Å². The highest BCUT2D eigenvalue weighted by atomic mass is 19.2. The molecule has 4 aliphatic rings. The number of aryl methyl sites for hydroxylation is 1. The lowest BCUT2D eigenvalue weighted by Gasteiger charge is -2.17. The lowest BCUT2D eigenvalue weighted by molar-refractivity contribution is 0.0989. The summed E-state index contributed by atoms with van der Waals surface area (Å²) in [5.74, 6) is -4.98. The number of furan rings is 4. The number of benzene rings is 4. The van der Waals surface area contributed by atoms with Crippen LogP contribution in [0.25, 0.3) is 90.8 Å². The van der Waals surface area contributed by atoms with E-state index in [9.17, 15) is 73.0 Å². The van der Waals surface area contributed by atoms with Gasteiger partial charge in [-0.3, -0.25) is 33.9 Å². The number of imidazole rings is 4. The van der Waals surface area contributed by atoms with Gasteiger partial charge in [0.1, 0.15) is 82.2 Å². The van der Waals surface area contributed by atoms with E-state index in [-0.39, 0.29) is 97.1 Å². The summed E-state index contributed by atoms with van der Waals surface area (Å²) < 4.78 is 185. The maximum atomic E-state index is 14.6. The van der Waals surface area contributed by atoms with E-state index in [0.717, 1.165) is 25.0 Å². The molecular formula is C94H74F10N16O13. The summed E-state index contributed by atoms with van der Waals surface area (Å²) in [6, 6.07) is 42.1. The van der Waals surface area contributed by atoms with Gasteiger partial charge in [-0.2, -0.15) is 0 Å². The zero-order chi connectivity index (χ0) is 92.7. The Morgan fingerprint density at radius 3 is 1.17 bits per heavy atom. The van der Waals surface area contributed by atoms with Crippen LogP contribution in [0.1, 0.15) is 91.3 Å². The summed E-state index contributed by atoms with van der Waals surface area (Å²) in [5.41, 5.74) is 6.01. The van der Waals surface area contributed by atoms with E-state index in [4.69, 9.17) is 31.9 Å². The average molecular weight is 1830 g/mol. The average Bonchev–Trinajstić information content (AvgIpc) is 1.63. The number of carbonyl (C=O) groups is 4. The van der Waals surface area contributed by atoms with Gasteiger partial charge < -0.3 is 81.5 Å². The number of carbonyl (C=O) groups excluding carboxylic acids is 4. The number of pyridine rings is 4. The molecule has 16 aromatic rings. The van der Waals surface area contributed by atoms with Gasteiger partial charge in [-0.25, -0.2) is 68.8 Å². The molecule has 4 aromatic carbocycles. The number of aromatic nitrogens is 12. The van der Waals surface area contributed by atoms with Gasteiger partial charge >= 0.3 is 0 Å². The maximum absolute atomic E-state index is 14.6. The fourth-order valence-corrected chi connectivity index (χ4v) is 15.4. The van der Waals surface area contributed by atoms with Gasteiger partial charge in [0, 0.05) is 52.1 Å². The summed E-state index contributed by atoms with van der Waals surface area (Å²) >= 11 is 0. The van der Waals surface area contributed by atoms with Crippen LogP contribution in [-0.2, 0) is 14.2 Å². The van der Waals surface area contributed by atoms with Crippen LogP contribution in [0.4, 0.5) is 66.8 Å². The minimum absolute atomic E-state index is 0.00987. The molecule has 20 rings (SSSR count). The molecular weight excluding hydrogens is 1750 g/mol. The molecule has 12 aromatic heterocycles. The van der Waals surface area contributed by atoms with Gasteiger partial charge in [0.05, 0.1) is 136 Å². The number of anilines is 4. The smallest absolute Gasteiger partial charge is 0.292 e. The largest absolute Gasteiger partial charge is 0.504 e. The molecule has 39 heteroatoms. The van der Waals surface area contributed by atoms with Gasteiger partial charge in [-0.1, -0.05) is 6.07 Å². The Bertz CT molecular complexity index is 6920. The highest BCUT2D eigenvalue weighted by Gasteiger charge is 2.39. The molecule has 6 N–H and O–H groups in total. The summed E-state index contributed by atoms with van der Waals surface area (Å²) in [5, 5.41) is 19.7. The minimum Gasteiger partial charge on any atom is -0.504 e. The third kappa shape index (κ3) is 19.7. The number of hydrogen-bond acceptors (Lipinski definition) is 20. The number of nitrogens with zero attached hydrogens (tertiary/aromatic N) is 11. The number of aromatic amines is 1. The first-order chi connectivity index (χ1) is 64.4. The van der Waals surface area contributed by atoms with Gasteiger partial charge in [0.25, 0.3) is 23.6 Å². The van der Waals surface area contributed by atoms with E-state index < -0.39 is 107 Å². The molecule has 0 spiro atoms. The standard InChI is InChI=1S/C24H19F3N4O3.C24H20F2N4O3.C23H17F3N4O4.C23H18F2N4O3/c1-13-8-18(16(26)9-28-13)30-24(32)21-7-6-20(34-21)23-22(14-2-4-15(25)5-3-14)29-12-31(23)19-11-33-10-17(19)27;25-15-6-4-14(5-7-15)22-23(30(13-28-22)18-3-1-2-17(18)26)19-8-9-20(33-19)24(32)29-16-10-11-27-21(31)12-16;24-13-3-1-12(2-4-13)20-22(30(11-28-20)16-10-33-9-15(16)26)18-5-6-19(34-18)23(32)29-21-14(25)7-27-8-17(21)31;24-15-6-4-14(5-7-15)21-22(29(13-27-21)17-12-31-11-16(17)25)18-8-9-19(32-18)23(30)28-20-3-1-2-10-26-20/h2-9,12,17,19H,10-11H2,1H3,(H,28,30,32);4-13,17-18H,1-3H2,(H2,27,29,31,32);1-8,11,15-16,31H,9-10H2,(H,27,29,32);1-10,13,16-17H,11-12H2,(H,26,28,30)/t;17-,18?;;/m.1../s1. The molecule has 4 fully saturated rings. The molecule has 0 bridgehead atoms. The molecule has 3 aliphatic heterocycles. The van der Waals surface area contributed by atoms with Crippen molar-refractivity contribution in [2.24, 2.45) is 0 Å². The van der Waals surface area contributed by atoms with Gasteiger partial charge in [-0.15, -0.1) is 0 Å². The van der Waals surface area contributed by atoms with Crippen LogP contribution in [0, 0.1) is 41.8 Å². The number of H-pyrrole nitrogens is 1. The first-order valence-electron chi connectivity index (χ1n) is 41.2. The quantitative estimate of drug-likeness (QED) is 0.0386. The topological polar surface area (TPSA) is 360 Å². The molecule has 678 valence electrons. The van der Waals surface area contributed by atoms with Crippen molar-refractivity contribution in [3.05, 3.63) is 312 Å². The number of alkyl halides is 4. The van der Waals surface area contributed by atoms with Crippen molar-refractivity contribution in [1.82, 2.24) is 58.1 Å². The van der Waals surface area contributed by atoms with E-state index in [1.165, 1.54) is 128 Å². The van der Waals surface area contributed by atoms with E-state index in [1.807, 2.05) is 0 Å². The predicted octanol–water partition coefficient (Wildman–Crippen LogP) is 18.8. The van der Waals surface area contributed by atoms with E-state index >= 15 is 0 Å². The summed E-state index contributed by atoms with van der Waals surface area (Å²) in [7, 11) is 0. The van der Waals surface area contributed by atoms with Gasteiger partial charge in [0.2, 0.25) is 5.56 Å². The van der Waals surface area contributed by atoms with Crippen LogP contribution in [0.2, 0.25) is 0 Å². The molecule has 3 saturated heterocycles. The Hall–Kier alpha value is -15.9. The number of hydrogen-bond donors (Lipinski definition) is 6. The molecule has 15 heterocycles. The number of rotatable bonds is 20. The molecule has 1 saturated carbocycles. The summed E-state index contributed by atoms with van der Waals surface area (Å²) in [4.78, 5) is 93.6. The first-order valence-corrected chi connectivity index (χ1v) is 41.2. The maximum Gasteiger partial charge on any atom is 0.292 e. The second-order valence-electron chi connectivity index (χ2n) is 30.8. The van der Waals surface area contributed by atoms with E-state index in [2.05, 4.69) is 61.1 Å². The second-order valence-corrected chi connectivity index (χ2v) is 30.8. The van der Waals surface area contributed by atoms with Crippen LogP contribution >= 0.6 is 0 Å². The number of amides is 4. The van der Waals surface area contributed by atoms with Crippen molar-refractivity contribution in [2.75, 3.05) is 60.9 Å². The molecule has 8 atom stereocenters.